The van der Waals surface area contributed by atoms with Gasteiger partial charge in [0.05, 0.1) is 18.8 Å². The topological polar surface area (TPSA) is 67.2 Å². The van der Waals surface area contributed by atoms with Crippen molar-refractivity contribution >= 4 is 11.8 Å². The highest BCUT2D eigenvalue weighted by molar-refractivity contribution is 5.83. The van der Waals surface area contributed by atoms with Crippen LogP contribution >= 0.6 is 0 Å². The lowest BCUT2D eigenvalue weighted by molar-refractivity contribution is -0.139. The van der Waals surface area contributed by atoms with Gasteiger partial charge in [0.1, 0.15) is 6.04 Å². The maximum Gasteiger partial charge on any atom is 0.252 e. The minimum absolute atomic E-state index is 0.0366. The third kappa shape index (κ3) is 3.07. The molecule has 2 aliphatic rings. The average molecular weight is 326 g/mol. The summed E-state index contributed by atoms with van der Waals surface area (Å²) in [5, 5.41) is 6.79. The monoisotopic (exact) mass is 326 g/mol. The molecule has 1 N–H and O–H groups in total. The number of rotatable bonds is 3. The van der Waals surface area contributed by atoms with Gasteiger partial charge in [0.2, 0.25) is 11.8 Å². The van der Waals surface area contributed by atoms with Gasteiger partial charge in [0.15, 0.2) is 0 Å². The second-order valence-electron chi connectivity index (χ2n) is 6.63. The zero-order chi connectivity index (χ0) is 16.8. The van der Waals surface area contributed by atoms with Gasteiger partial charge < -0.3 is 10.2 Å². The molecular formula is C15H20F2N4O2. The summed E-state index contributed by atoms with van der Waals surface area (Å²) in [6.45, 7) is 4.22. The van der Waals surface area contributed by atoms with Gasteiger partial charge in [-0.15, -0.1) is 0 Å². The first kappa shape index (κ1) is 15.9. The molecule has 0 aromatic carbocycles. The van der Waals surface area contributed by atoms with Crippen molar-refractivity contribution in [2.45, 2.75) is 51.2 Å². The molecule has 1 aliphatic heterocycles. The first-order chi connectivity index (χ1) is 10.8. The van der Waals surface area contributed by atoms with Crippen LogP contribution in [0.15, 0.2) is 12.3 Å². The van der Waals surface area contributed by atoms with Crippen molar-refractivity contribution in [2.24, 2.45) is 5.92 Å². The molecule has 2 amide bonds. The van der Waals surface area contributed by atoms with Gasteiger partial charge in [-0.05, 0) is 6.07 Å². The molecule has 0 radical (unpaired) electrons. The predicted octanol–water partition coefficient (Wildman–Crippen LogP) is 1.34. The lowest BCUT2D eigenvalue weighted by atomic mass is 9.88. The Labute approximate surface area is 132 Å². The summed E-state index contributed by atoms with van der Waals surface area (Å²) in [5.41, 5.74) is 0.768. The quantitative estimate of drug-likeness (QED) is 0.911. The first-order valence-corrected chi connectivity index (χ1v) is 7.76. The van der Waals surface area contributed by atoms with Crippen molar-refractivity contribution in [3.8, 4) is 0 Å². The third-order valence-corrected chi connectivity index (χ3v) is 4.34. The number of halogens is 2. The van der Waals surface area contributed by atoms with Crippen LogP contribution in [0.4, 0.5) is 8.78 Å². The van der Waals surface area contributed by atoms with Gasteiger partial charge in [-0.1, -0.05) is 13.8 Å². The molecule has 1 atom stereocenters. The molecule has 0 spiro atoms. The Hall–Kier alpha value is -1.99. The lowest BCUT2D eigenvalue weighted by Gasteiger charge is -2.38. The van der Waals surface area contributed by atoms with Gasteiger partial charge >= 0.3 is 0 Å². The van der Waals surface area contributed by atoms with E-state index in [-0.39, 0.29) is 37.1 Å². The summed E-state index contributed by atoms with van der Waals surface area (Å²) >= 11 is 0. The van der Waals surface area contributed by atoms with Crippen LogP contribution in [-0.4, -0.2) is 45.0 Å². The van der Waals surface area contributed by atoms with Crippen molar-refractivity contribution in [1.29, 1.82) is 0 Å². The fourth-order valence-corrected chi connectivity index (χ4v) is 3.08. The van der Waals surface area contributed by atoms with E-state index in [0.717, 1.165) is 5.69 Å². The normalized spacial score (nSPS) is 23.3. The molecule has 1 aromatic rings. The van der Waals surface area contributed by atoms with Crippen LogP contribution < -0.4 is 5.32 Å². The Kier molecular flexibility index (Phi) is 3.85. The molecule has 1 unspecified atom stereocenters. The van der Waals surface area contributed by atoms with Gasteiger partial charge in [0.25, 0.3) is 5.92 Å². The zero-order valence-electron chi connectivity index (χ0n) is 13.1. The number of nitrogens with zero attached hydrogens (tertiary/aromatic N) is 3. The van der Waals surface area contributed by atoms with Crippen LogP contribution in [0.3, 0.4) is 0 Å². The van der Waals surface area contributed by atoms with Crippen LogP contribution in [0.1, 0.15) is 38.4 Å². The zero-order valence-corrected chi connectivity index (χ0v) is 13.1. The van der Waals surface area contributed by atoms with Gasteiger partial charge in [-0.2, -0.15) is 5.10 Å². The largest absolute Gasteiger partial charge is 0.351 e. The molecule has 6 nitrogen and oxygen atoms in total. The number of amides is 2. The predicted molar refractivity (Wildman–Crippen MR) is 77.6 cm³/mol. The summed E-state index contributed by atoms with van der Waals surface area (Å²) < 4.78 is 27.4. The minimum atomic E-state index is -2.68. The molecule has 23 heavy (non-hydrogen) atoms. The van der Waals surface area contributed by atoms with Crippen LogP contribution in [0.25, 0.3) is 0 Å². The van der Waals surface area contributed by atoms with Crippen LogP contribution in [0, 0.1) is 5.92 Å². The fraction of sp³-hybridized carbons (Fsp3) is 0.667. The van der Waals surface area contributed by atoms with Crippen molar-refractivity contribution in [3.05, 3.63) is 18.0 Å². The highest BCUT2D eigenvalue weighted by atomic mass is 19.3. The number of fused-ring (bicyclic) bond motifs is 1. The molecule has 0 saturated heterocycles. The average Bonchev–Trinajstić information content (AvgIpc) is 2.91. The molecule has 8 heteroatoms. The Balaban J connectivity index is 1.73. The summed E-state index contributed by atoms with van der Waals surface area (Å²) in [7, 11) is 0. The molecule has 1 fully saturated rings. The number of alkyl halides is 2. The van der Waals surface area contributed by atoms with E-state index in [1.807, 2.05) is 0 Å². The summed E-state index contributed by atoms with van der Waals surface area (Å²) in [4.78, 5) is 26.3. The molecule has 126 valence electrons. The standard InChI is InChI=1S/C15H20F2N4O2/c1-9(2)14(23)20-7-11-3-4-18-21(11)12(8-20)13(22)19-10-5-15(16,17)6-10/h3-4,9-10,12H,5-8H2,1-2H3,(H,19,22). The van der Waals surface area contributed by atoms with E-state index < -0.39 is 18.0 Å². The van der Waals surface area contributed by atoms with E-state index in [4.69, 9.17) is 0 Å². The second-order valence-corrected chi connectivity index (χ2v) is 6.63. The van der Waals surface area contributed by atoms with Crippen molar-refractivity contribution < 1.29 is 18.4 Å². The molecule has 3 rings (SSSR count). The SMILES string of the molecule is CC(C)C(=O)N1Cc2ccnn2C(C(=O)NC2CC(F)(F)C2)C1. The van der Waals surface area contributed by atoms with Crippen LogP contribution in [-0.2, 0) is 16.1 Å². The van der Waals surface area contributed by atoms with Crippen molar-refractivity contribution in [2.75, 3.05) is 6.54 Å². The van der Waals surface area contributed by atoms with Gasteiger partial charge in [-0.25, -0.2) is 8.78 Å². The molecule has 0 bridgehead atoms. The van der Waals surface area contributed by atoms with Crippen LogP contribution in [0.2, 0.25) is 0 Å². The highest BCUT2D eigenvalue weighted by Gasteiger charge is 2.47. The third-order valence-electron chi connectivity index (χ3n) is 4.34. The number of hydrogen-bond donors (Lipinski definition) is 1. The maximum atomic E-state index is 12.9. The van der Waals surface area contributed by atoms with E-state index in [9.17, 15) is 18.4 Å². The molecule has 1 aliphatic carbocycles. The Morgan fingerprint density at radius 3 is 2.70 bits per heavy atom. The van der Waals surface area contributed by atoms with Crippen molar-refractivity contribution in [3.63, 3.8) is 0 Å². The summed E-state index contributed by atoms with van der Waals surface area (Å²) in [5.74, 6) is -3.25. The Bertz CT molecular complexity index is 621. The number of hydrogen-bond acceptors (Lipinski definition) is 3. The van der Waals surface area contributed by atoms with Gasteiger partial charge in [0, 0.05) is 31.0 Å². The smallest absolute Gasteiger partial charge is 0.252 e. The first-order valence-electron chi connectivity index (χ1n) is 7.76. The number of nitrogens with one attached hydrogen (secondary N) is 1. The molecule has 1 aromatic heterocycles. The van der Waals surface area contributed by atoms with E-state index in [2.05, 4.69) is 10.4 Å². The molecule has 2 heterocycles. The Morgan fingerprint density at radius 2 is 2.09 bits per heavy atom. The van der Waals surface area contributed by atoms with Crippen molar-refractivity contribution in [1.82, 2.24) is 20.0 Å². The maximum absolute atomic E-state index is 12.9. The lowest BCUT2D eigenvalue weighted by Crippen LogP contribution is -2.54. The fourth-order valence-electron chi connectivity index (χ4n) is 3.08. The summed E-state index contributed by atoms with van der Waals surface area (Å²) in [6.07, 6.45) is 0.925. The minimum Gasteiger partial charge on any atom is -0.351 e. The highest BCUT2D eigenvalue weighted by Crippen LogP contribution is 2.37. The van der Waals surface area contributed by atoms with E-state index in [0.29, 0.717) is 6.54 Å². The number of aromatic nitrogens is 2. The van der Waals surface area contributed by atoms with E-state index in [1.165, 1.54) is 0 Å². The molecule has 1 saturated carbocycles. The van der Waals surface area contributed by atoms with E-state index >= 15 is 0 Å². The number of carbonyl (C=O) groups is 2. The van der Waals surface area contributed by atoms with Crippen LogP contribution in [0.5, 0.6) is 0 Å². The summed E-state index contributed by atoms with van der Waals surface area (Å²) in [6, 6.07) is 0.579. The van der Waals surface area contributed by atoms with E-state index in [1.54, 1.807) is 35.7 Å². The Morgan fingerprint density at radius 1 is 1.39 bits per heavy atom. The van der Waals surface area contributed by atoms with Gasteiger partial charge in [-0.3, -0.25) is 14.3 Å². The molecular weight excluding hydrogens is 306 g/mol. The number of carbonyl (C=O) groups excluding carboxylic acids is 2. The second kappa shape index (κ2) is 5.58.